The number of morpholine rings is 2. The van der Waals surface area contributed by atoms with Crippen molar-refractivity contribution in [3.8, 4) is 0 Å². The average molecular weight is 417 g/mol. The van der Waals surface area contributed by atoms with Gasteiger partial charge in [0, 0.05) is 51.8 Å². The summed E-state index contributed by atoms with van der Waals surface area (Å²) in [5, 5.41) is 3.68. The summed E-state index contributed by atoms with van der Waals surface area (Å²) in [6.45, 7) is 10.8. The van der Waals surface area contributed by atoms with Crippen LogP contribution in [0.5, 0.6) is 0 Å². The van der Waals surface area contributed by atoms with Crippen LogP contribution in [0.4, 0.5) is 0 Å². The third-order valence-corrected chi connectivity index (χ3v) is 6.61. The maximum Gasteiger partial charge on any atom is 0.193 e. The van der Waals surface area contributed by atoms with E-state index in [9.17, 15) is 0 Å². The lowest BCUT2D eigenvalue weighted by Gasteiger charge is -2.39. The standard InChI is InChI=1S/C23H36N4O3/c1-18-5-3-4-6-20(18)22-16-27(10-14-30-22)23(24-2)25-15-21(19-7-11-29-17-19)26-8-12-28-13-9-26/h3-6,19,21-22H,7-17H2,1-2H3,(H,24,25). The van der Waals surface area contributed by atoms with E-state index in [1.54, 1.807) is 0 Å². The van der Waals surface area contributed by atoms with Gasteiger partial charge in [-0.3, -0.25) is 9.89 Å². The van der Waals surface area contributed by atoms with Crippen LogP contribution in [-0.4, -0.2) is 94.6 Å². The molecule has 1 aromatic carbocycles. The molecule has 3 heterocycles. The Morgan fingerprint density at radius 2 is 1.97 bits per heavy atom. The highest BCUT2D eigenvalue weighted by molar-refractivity contribution is 5.80. The third kappa shape index (κ3) is 5.14. The van der Waals surface area contributed by atoms with E-state index in [1.165, 1.54) is 11.1 Å². The Morgan fingerprint density at radius 1 is 1.13 bits per heavy atom. The minimum Gasteiger partial charge on any atom is -0.381 e. The van der Waals surface area contributed by atoms with Gasteiger partial charge in [0.1, 0.15) is 6.10 Å². The Labute approximate surface area is 180 Å². The van der Waals surface area contributed by atoms with Crippen LogP contribution in [0.3, 0.4) is 0 Å². The number of benzene rings is 1. The van der Waals surface area contributed by atoms with Crippen molar-refractivity contribution >= 4 is 5.96 Å². The topological polar surface area (TPSA) is 58.6 Å². The first-order valence-electron chi connectivity index (χ1n) is 11.3. The van der Waals surface area contributed by atoms with Gasteiger partial charge < -0.3 is 24.4 Å². The maximum atomic E-state index is 6.11. The van der Waals surface area contributed by atoms with Crippen molar-refractivity contribution in [2.24, 2.45) is 10.9 Å². The highest BCUT2D eigenvalue weighted by Crippen LogP contribution is 2.25. The van der Waals surface area contributed by atoms with Gasteiger partial charge in [-0.1, -0.05) is 24.3 Å². The second kappa shape index (κ2) is 10.6. The summed E-state index contributed by atoms with van der Waals surface area (Å²) >= 11 is 0. The van der Waals surface area contributed by atoms with Gasteiger partial charge in [-0.2, -0.15) is 0 Å². The lowest BCUT2D eigenvalue weighted by atomic mass is 9.97. The van der Waals surface area contributed by atoms with Crippen molar-refractivity contribution in [1.29, 1.82) is 0 Å². The van der Waals surface area contributed by atoms with E-state index in [0.717, 1.165) is 71.5 Å². The van der Waals surface area contributed by atoms with Gasteiger partial charge in [-0.25, -0.2) is 0 Å². The highest BCUT2D eigenvalue weighted by Gasteiger charge is 2.32. The van der Waals surface area contributed by atoms with Gasteiger partial charge in [0.25, 0.3) is 0 Å². The SMILES string of the molecule is CN=C(NCC(C1CCOC1)N1CCOCC1)N1CCOC(c2ccccc2C)C1. The number of nitrogens with one attached hydrogen (secondary N) is 1. The summed E-state index contributed by atoms with van der Waals surface area (Å²) in [6.07, 6.45) is 1.21. The normalized spacial score (nSPS) is 27.3. The molecule has 3 saturated heterocycles. The molecule has 0 amide bonds. The third-order valence-electron chi connectivity index (χ3n) is 6.61. The second-order valence-electron chi connectivity index (χ2n) is 8.43. The van der Waals surface area contributed by atoms with E-state index < -0.39 is 0 Å². The summed E-state index contributed by atoms with van der Waals surface area (Å²) in [7, 11) is 1.88. The Hall–Kier alpha value is -1.67. The molecule has 166 valence electrons. The van der Waals surface area contributed by atoms with Crippen molar-refractivity contribution < 1.29 is 14.2 Å². The number of ether oxygens (including phenoxy) is 3. The summed E-state index contributed by atoms with van der Waals surface area (Å²) in [5.74, 6) is 1.53. The second-order valence-corrected chi connectivity index (χ2v) is 8.43. The number of guanidine groups is 1. The molecule has 0 aromatic heterocycles. The van der Waals surface area contributed by atoms with Crippen LogP contribution in [0.25, 0.3) is 0 Å². The number of aliphatic imine (C=N–C) groups is 1. The van der Waals surface area contributed by atoms with Crippen LogP contribution in [0, 0.1) is 12.8 Å². The van der Waals surface area contributed by atoms with Crippen LogP contribution in [-0.2, 0) is 14.2 Å². The quantitative estimate of drug-likeness (QED) is 0.582. The molecule has 3 unspecified atom stereocenters. The minimum absolute atomic E-state index is 0.0803. The van der Waals surface area contributed by atoms with Gasteiger partial charge in [0.15, 0.2) is 5.96 Å². The number of hydrogen-bond donors (Lipinski definition) is 1. The number of hydrogen-bond acceptors (Lipinski definition) is 5. The first-order chi connectivity index (χ1) is 14.8. The fourth-order valence-corrected chi connectivity index (χ4v) is 4.87. The van der Waals surface area contributed by atoms with Crippen LogP contribution in [0.2, 0.25) is 0 Å². The molecule has 3 aliphatic heterocycles. The molecular formula is C23H36N4O3. The smallest absolute Gasteiger partial charge is 0.193 e. The predicted molar refractivity (Wildman–Crippen MR) is 118 cm³/mol. The largest absolute Gasteiger partial charge is 0.381 e. The molecule has 0 spiro atoms. The van der Waals surface area contributed by atoms with Gasteiger partial charge in [-0.05, 0) is 24.5 Å². The zero-order valence-corrected chi connectivity index (χ0v) is 18.4. The van der Waals surface area contributed by atoms with Crippen LogP contribution in [0.1, 0.15) is 23.7 Å². The molecule has 3 atom stereocenters. The molecule has 7 nitrogen and oxygen atoms in total. The van der Waals surface area contributed by atoms with Gasteiger partial charge in [0.05, 0.1) is 33.0 Å². The zero-order chi connectivity index (χ0) is 20.8. The highest BCUT2D eigenvalue weighted by atomic mass is 16.5. The Bertz CT molecular complexity index is 701. The molecule has 30 heavy (non-hydrogen) atoms. The lowest BCUT2D eigenvalue weighted by molar-refractivity contribution is -0.00966. The van der Waals surface area contributed by atoms with Crippen LogP contribution >= 0.6 is 0 Å². The van der Waals surface area contributed by atoms with Gasteiger partial charge in [0.2, 0.25) is 0 Å². The Morgan fingerprint density at radius 3 is 2.70 bits per heavy atom. The average Bonchev–Trinajstić information content (AvgIpc) is 3.32. The molecule has 0 saturated carbocycles. The number of nitrogens with zero attached hydrogens (tertiary/aromatic N) is 3. The van der Waals surface area contributed by atoms with E-state index in [0.29, 0.717) is 18.6 Å². The van der Waals surface area contributed by atoms with Gasteiger partial charge >= 0.3 is 0 Å². The van der Waals surface area contributed by atoms with Crippen molar-refractivity contribution in [2.75, 3.05) is 72.8 Å². The molecule has 1 N–H and O–H groups in total. The van der Waals surface area contributed by atoms with E-state index in [2.05, 4.69) is 51.3 Å². The summed E-state index contributed by atoms with van der Waals surface area (Å²) < 4.78 is 17.4. The summed E-state index contributed by atoms with van der Waals surface area (Å²) in [5.41, 5.74) is 2.55. The van der Waals surface area contributed by atoms with Crippen molar-refractivity contribution in [3.63, 3.8) is 0 Å². The molecule has 0 radical (unpaired) electrons. The maximum absolute atomic E-state index is 6.11. The molecule has 3 aliphatic rings. The van der Waals surface area contributed by atoms with E-state index in [4.69, 9.17) is 14.2 Å². The first-order valence-corrected chi connectivity index (χ1v) is 11.3. The van der Waals surface area contributed by atoms with Crippen LogP contribution < -0.4 is 5.32 Å². The van der Waals surface area contributed by atoms with Crippen molar-refractivity contribution in [3.05, 3.63) is 35.4 Å². The molecule has 1 aromatic rings. The van der Waals surface area contributed by atoms with E-state index in [-0.39, 0.29) is 6.10 Å². The molecule has 0 bridgehead atoms. The van der Waals surface area contributed by atoms with Crippen molar-refractivity contribution in [2.45, 2.75) is 25.5 Å². The van der Waals surface area contributed by atoms with E-state index >= 15 is 0 Å². The fraction of sp³-hybridized carbons (Fsp3) is 0.696. The molecule has 4 rings (SSSR count). The monoisotopic (exact) mass is 416 g/mol. The Kier molecular flexibility index (Phi) is 7.60. The zero-order valence-electron chi connectivity index (χ0n) is 18.4. The summed E-state index contributed by atoms with van der Waals surface area (Å²) in [4.78, 5) is 9.51. The number of rotatable bonds is 5. The van der Waals surface area contributed by atoms with Gasteiger partial charge in [-0.15, -0.1) is 0 Å². The molecule has 0 aliphatic carbocycles. The molecule has 3 fully saturated rings. The van der Waals surface area contributed by atoms with Crippen molar-refractivity contribution in [1.82, 2.24) is 15.1 Å². The van der Waals surface area contributed by atoms with Crippen LogP contribution in [0.15, 0.2) is 29.3 Å². The minimum atomic E-state index is 0.0803. The first kappa shape index (κ1) is 21.6. The van der Waals surface area contributed by atoms with E-state index in [1.807, 2.05) is 7.05 Å². The fourth-order valence-electron chi connectivity index (χ4n) is 4.87. The Balaban J connectivity index is 1.39. The number of aryl methyl sites for hydroxylation is 1. The lowest BCUT2D eigenvalue weighted by Crippen LogP contribution is -2.55. The summed E-state index contributed by atoms with van der Waals surface area (Å²) in [6, 6.07) is 8.95. The molecular weight excluding hydrogens is 380 g/mol. The molecule has 7 heteroatoms. The predicted octanol–water partition coefficient (Wildman–Crippen LogP) is 1.68.